The highest BCUT2D eigenvalue weighted by molar-refractivity contribution is 6.32. The molecule has 3 aromatic rings. The van der Waals surface area contributed by atoms with Crippen LogP contribution in [-0.4, -0.2) is 33.9 Å². The zero-order chi connectivity index (χ0) is 21.3. The molecule has 2 aromatic carbocycles. The first-order valence-corrected chi connectivity index (χ1v) is 10.5. The largest absolute Gasteiger partial charge is 0.337 e. The molecule has 0 bridgehead atoms. The van der Waals surface area contributed by atoms with E-state index in [-0.39, 0.29) is 5.91 Å². The minimum Gasteiger partial charge on any atom is -0.337 e. The van der Waals surface area contributed by atoms with Crippen molar-refractivity contribution < 1.29 is 4.79 Å². The molecule has 152 valence electrons. The molecule has 1 aliphatic heterocycles. The summed E-state index contributed by atoms with van der Waals surface area (Å²) in [6.07, 6.45) is 1.82. The van der Waals surface area contributed by atoms with Gasteiger partial charge in [0.2, 0.25) is 0 Å². The Bertz CT molecular complexity index is 1120. The molecule has 0 atom stereocenters. The third-order valence-electron chi connectivity index (χ3n) is 5.62. The number of hydrogen-bond donors (Lipinski definition) is 1. The van der Waals surface area contributed by atoms with Crippen molar-refractivity contribution >= 4 is 17.5 Å². The van der Waals surface area contributed by atoms with E-state index in [1.54, 1.807) is 0 Å². The molecule has 5 nitrogen and oxygen atoms in total. The van der Waals surface area contributed by atoms with Gasteiger partial charge in [0.1, 0.15) is 16.7 Å². The van der Waals surface area contributed by atoms with E-state index < -0.39 is 0 Å². The van der Waals surface area contributed by atoms with Gasteiger partial charge in [-0.05, 0) is 48.7 Å². The van der Waals surface area contributed by atoms with Crippen LogP contribution < -0.4 is 0 Å². The Hall–Kier alpha value is -3.10. The molecule has 2 heterocycles. The van der Waals surface area contributed by atoms with Gasteiger partial charge in [-0.3, -0.25) is 4.79 Å². The molecule has 0 aliphatic carbocycles. The van der Waals surface area contributed by atoms with E-state index in [2.05, 4.69) is 23.0 Å². The lowest BCUT2D eigenvalue weighted by Gasteiger charge is -2.39. The van der Waals surface area contributed by atoms with Crippen LogP contribution in [0.25, 0.3) is 11.3 Å². The van der Waals surface area contributed by atoms with Crippen molar-refractivity contribution in [2.45, 2.75) is 32.6 Å². The van der Waals surface area contributed by atoms with Crippen LogP contribution in [0.3, 0.4) is 0 Å². The summed E-state index contributed by atoms with van der Waals surface area (Å²) >= 11 is 6.40. The third-order valence-corrected chi connectivity index (χ3v) is 5.89. The van der Waals surface area contributed by atoms with Crippen LogP contribution in [0.5, 0.6) is 0 Å². The molecule has 0 saturated carbocycles. The third kappa shape index (κ3) is 3.83. The normalized spacial score (nSPS) is 13.7. The summed E-state index contributed by atoms with van der Waals surface area (Å²) in [5.74, 6) is 1.19. The van der Waals surface area contributed by atoms with Gasteiger partial charge in [0, 0.05) is 36.6 Å². The quantitative estimate of drug-likeness (QED) is 0.626. The predicted octanol–water partition coefficient (Wildman–Crippen LogP) is 5.10. The van der Waals surface area contributed by atoms with Crippen molar-refractivity contribution in [2.24, 2.45) is 0 Å². The maximum Gasteiger partial charge on any atom is 0.253 e. The van der Waals surface area contributed by atoms with Crippen LogP contribution in [0.1, 0.15) is 52.1 Å². The minimum absolute atomic E-state index is 0.0154. The van der Waals surface area contributed by atoms with Crippen molar-refractivity contribution in [3.63, 3.8) is 0 Å². The highest BCUT2D eigenvalue weighted by Gasteiger charge is 2.32. The highest BCUT2D eigenvalue weighted by atomic mass is 35.5. The molecule has 0 radical (unpaired) electrons. The van der Waals surface area contributed by atoms with Crippen molar-refractivity contribution in [3.05, 3.63) is 75.7 Å². The van der Waals surface area contributed by atoms with Gasteiger partial charge >= 0.3 is 0 Å². The lowest BCUT2D eigenvalue weighted by atomic mass is 9.90. The summed E-state index contributed by atoms with van der Waals surface area (Å²) in [6.45, 7) is 5.45. The second-order valence-electron chi connectivity index (χ2n) is 7.77. The Balaban J connectivity index is 1.50. The van der Waals surface area contributed by atoms with Gasteiger partial charge in [-0.2, -0.15) is 5.26 Å². The Kier molecular flexibility index (Phi) is 5.61. The topological polar surface area (TPSA) is 72.8 Å². The van der Waals surface area contributed by atoms with E-state index in [0.717, 1.165) is 35.4 Å². The highest BCUT2D eigenvalue weighted by Crippen LogP contribution is 2.32. The van der Waals surface area contributed by atoms with Crippen LogP contribution in [0, 0.1) is 18.3 Å². The average molecular weight is 419 g/mol. The lowest BCUT2D eigenvalue weighted by Crippen LogP contribution is -2.48. The van der Waals surface area contributed by atoms with Gasteiger partial charge < -0.3 is 9.88 Å². The van der Waals surface area contributed by atoms with Gasteiger partial charge in [-0.15, -0.1) is 0 Å². The van der Waals surface area contributed by atoms with Crippen LogP contribution in [-0.2, 0) is 6.42 Å². The SMILES string of the molecule is CCCc1nc(-c2cc(C(=O)N3CC(c4ccc(C#N)cc4)C3)ccc2C)c(Cl)[nH]1. The fourth-order valence-electron chi connectivity index (χ4n) is 3.81. The fraction of sp³-hybridized carbons (Fsp3) is 0.292. The number of halogens is 1. The molecular weight excluding hydrogens is 396 g/mol. The molecule has 1 amide bonds. The van der Waals surface area contributed by atoms with E-state index in [1.807, 2.05) is 54.3 Å². The Morgan fingerprint density at radius 3 is 2.67 bits per heavy atom. The van der Waals surface area contributed by atoms with Gasteiger partial charge in [0.15, 0.2) is 0 Å². The zero-order valence-corrected chi connectivity index (χ0v) is 17.8. The van der Waals surface area contributed by atoms with Crippen molar-refractivity contribution in [1.82, 2.24) is 14.9 Å². The van der Waals surface area contributed by atoms with Crippen molar-refractivity contribution in [2.75, 3.05) is 13.1 Å². The van der Waals surface area contributed by atoms with Crippen LogP contribution >= 0.6 is 11.6 Å². The molecule has 1 aliphatic rings. The van der Waals surface area contributed by atoms with E-state index in [1.165, 1.54) is 0 Å². The van der Waals surface area contributed by atoms with Crippen molar-refractivity contribution in [1.29, 1.82) is 5.26 Å². The second kappa shape index (κ2) is 8.33. The van der Waals surface area contributed by atoms with Crippen LogP contribution in [0.15, 0.2) is 42.5 Å². The number of nitrogens with zero attached hydrogens (tertiary/aromatic N) is 3. The van der Waals surface area contributed by atoms with Gasteiger partial charge in [-0.25, -0.2) is 4.98 Å². The maximum atomic E-state index is 13.0. The maximum absolute atomic E-state index is 13.0. The number of rotatable bonds is 5. The molecule has 0 spiro atoms. The Labute approximate surface area is 181 Å². The number of H-pyrrole nitrogens is 1. The summed E-state index contributed by atoms with van der Waals surface area (Å²) in [4.78, 5) is 22.6. The zero-order valence-electron chi connectivity index (χ0n) is 17.1. The second-order valence-corrected chi connectivity index (χ2v) is 8.14. The smallest absolute Gasteiger partial charge is 0.253 e. The number of carbonyl (C=O) groups excluding carboxylic acids is 1. The molecule has 30 heavy (non-hydrogen) atoms. The molecular formula is C24H23ClN4O. The van der Waals surface area contributed by atoms with E-state index in [4.69, 9.17) is 16.9 Å². The van der Waals surface area contributed by atoms with Gasteiger partial charge in [0.05, 0.1) is 11.6 Å². The molecule has 1 fully saturated rings. The Morgan fingerprint density at radius 2 is 2.00 bits per heavy atom. The lowest BCUT2D eigenvalue weighted by molar-refractivity contribution is 0.0602. The number of aryl methyl sites for hydroxylation is 2. The number of nitriles is 1. The van der Waals surface area contributed by atoms with E-state index in [0.29, 0.717) is 41.0 Å². The molecule has 1 N–H and O–H groups in total. The standard InChI is InChI=1S/C24H23ClN4O/c1-3-4-21-27-22(23(25)28-21)20-11-18(8-5-15(20)2)24(30)29-13-19(14-29)17-9-6-16(12-26)7-10-17/h5-11,19H,3-4,13-14H2,1-2H3,(H,27,28). The minimum atomic E-state index is 0.0154. The number of aromatic nitrogens is 2. The number of benzene rings is 2. The van der Waals surface area contributed by atoms with E-state index in [9.17, 15) is 4.79 Å². The first-order chi connectivity index (χ1) is 14.5. The summed E-state index contributed by atoms with van der Waals surface area (Å²) in [5, 5.41) is 9.44. The monoisotopic (exact) mass is 418 g/mol. The first-order valence-electron chi connectivity index (χ1n) is 10.1. The van der Waals surface area contributed by atoms with Crippen molar-refractivity contribution in [3.8, 4) is 17.3 Å². The number of carbonyl (C=O) groups is 1. The summed E-state index contributed by atoms with van der Waals surface area (Å²) in [6, 6.07) is 15.4. The number of aromatic amines is 1. The average Bonchev–Trinajstić information content (AvgIpc) is 3.08. The molecule has 0 unspecified atom stereocenters. The molecule has 1 aromatic heterocycles. The van der Waals surface area contributed by atoms with E-state index >= 15 is 0 Å². The van der Waals surface area contributed by atoms with Crippen LogP contribution in [0.4, 0.5) is 0 Å². The predicted molar refractivity (Wildman–Crippen MR) is 118 cm³/mol. The van der Waals surface area contributed by atoms with Crippen LogP contribution in [0.2, 0.25) is 5.15 Å². The summed E-state index contributed by atoms with van der Waals surface area (Å²) in [5.41, 5.74) is 5.07. The summed E-state index contributed by atoms with van der Waals surface area (Å²) in [7, 11) is 0. The molecule has 1 saturated heterocycles. The van der Waals surface area contributed by atoms with Gasteiger partial charge in [0.25, 0.3) is 5.91 Å². The number of likely N-dealkylation sites (tertiary alicyclic amines) is 1. The fourth-order valence-corrected chi connectivity index (χ4v) is 4.06. The Morgan fingerprint density at radius 1 is 1.27 bits per heavy atom. The molecule has 4 rings (SSSR count). The molecule has 6 heteroatoms. The number of nitrogens with one attached hydrogen (secondary N) is 1. The number of hydrogen-bond acceptors (Lipinski definition) is 3. The van der Waals surface area contributed by atoms with Gasteiger partial charge in [-0.1, -0.05) is 36.7 Å². The number of amides is 1. The summed E-state index contributed by atoms with van der Waals surface area (Å²) < 4.78 is 0. The first kappa shape index (κ1) is 20.2. The number of imidazole rings is 1.